The predicted molar refractivity (Wildman–Crippen MR) is 289 cm³/mol. The van der Waals surface area contributed by atoms with E-state index in [9.17, 15) is 24.0 Å². The van der Waals surface area contributed by atoms with Crippen molar-refractivity contribution in [2.24, 2.45) is 0 Å². The fraction of sp³-hybridized carbons (Fsp3) is 0.722. The van der Waals surface area contributed by atoms with Gasteiger partial charge in [0.05, 0.1) is 64.6 Å². The van der Waals surface area contributed by atoms with Crippen LogP contribution in [0.4, 0.5) is 21.1 Å². The number of hydrogen-bond acceptors (Lipinski definition) is 18. The van der Waals surface area contributed by atoms with Gasteiger partial charge in [-0.1, -0.05) is 13.3 Å². The number of anilines is 2. The van der Waals surface area contributed by atoms with Crippen LogP contribution in [0.15, 0.2) is 18.2 Å². The number of piperazine rings is 1. The standard InChI is InChI=1S/C36H57N7O6.C18H33NO7/c1-8-9-10-29-39-31-27-25-26(11-12-28(27)38-33(37)32(31)40-29)42-16-14-41(15-17-42)18-22-47-24-20-43(34(45)49-36(5,6)7)19-23-46-21-13-30(44)48-35(2,3)4;1-17(2,3)25-15(21)7-11-23-12-8-19(9-13-24-14-10-20)16(22)26-18(4,5)6/h11-12,25H,8-10,13-24H2,1-7H3,(H2,37,38)(H,39,40);10H,7-9,11-14H2,1-6H3. The number of aromatic amines is 1. The van der Waals surface area contributed by atoms with Crippen molar-refractivity contribution in [2.75, 3.05) is 122 Å². The van der Waals surface area contributed by atoms with Crippen LogP contribution < -0.4 is 10.6 Å². The highest BCUT2D eigenvalue weighted by Gasteiger charge is 2.25. The van der Waals surface area contributed by atoms with Crippen LogP contribution in [-0.2, 0) is 58.7 Å². The van der Waals surface area contributed by atoms with E-state index >= 15 is 0 Å². The van der Waals surface area contributed by atoms with E-state index in [0.717, 1.165) is 85.4 Å². The van der Waals surface area contributed by atoms with Gasteiger partial charge in [-0.3, -0.25) is 14.5 Å². The molecule has 0 radical (unpaired) electrons. The number of nitrogens with two attached hydrogens (primary N) is 1. The highest BCUT2D eigenvalue weighted by Crippen LogP contribution is 2.30. The van der Waals surface area contributed by atoms with Crippen molar-refractivity contribution >= 4 is 63.9 Å². The van der Waals surface area contributed by atoms with Crippen LogP contribution in [0.5, 0.6) is 0 Å². The van der Waals surface area contributed by atoms with Crippen LogP contribution >= 0.6 is 0 Å². The summed E-state index contributed by atoms with van der Waals surface area (Å²) in [5.41, 5.74) is 7.71. The number of unbranched alkanes of at least 4 members (excludes halogenated alkanes) is 1. The summed E-state index contributed by atoms with van der Waals surface area (Å²) < 4.78 is 43.5. The molecule has 0 saturated carbocycles. The van der Waals surface area contributed by atoms with Gasteiger partial charge in [0.2, 0.25) is 0 Å². The Kier molecular flexibility index (Phi) is 26.4. The number of ether oxygens (including phenoxy) is 8. The van der Waals surface area contributed by atoms with Gasteiger partial charge in [0, 0.05) is 76.4 Å². The Labute approximate surface area is 445 Å². The molecule has 0 atom stereocenters. The van der Waals surface area contributed by atoms with Gasteiger partial charge in [0.25, 0.3) is 0 Å². The molecular weight excluding hydrogens is 969 g/mol. The third-order valence-electron chi connectivity index (χ3n) is 10.8. The lowest BCUT2D eigenvalue weighted by molar-refractivity contribution is -0.157. The number of aromatic nitrogens is 3. The monoisotopic (exact) mass is 1060 g/mol. The minimum absolute atomic E-state index is 0.0193. The SMILES string of the molecule is CC(C)(C)OC(=O)CCOCCN(CCOCC=O)C(=O)OC(C)(C)C.CCCCc1nc2c([nH]1)c(N)nc1ccc(N3CCN(CCOCCN(CCOCCC(=O)OC(C)(C)C)C(=O)OC(C)(C)C)CC3)cc12. The van der Waals surface area contributed by atoms with Gasteiger partial charge in [-0.2, -0.15) is 0 Å². The van der Waals surface area contributed by atoms with E-state index in [1.807, 2.05) is 47.6 Å². The van der Waals surface area contributed by atoms with Crippen LogP contribution in [0.2, 0.25) is 0 Å². The zero-order valence-electron chi connectivity index (χ0n) is 47.4. The number of nitrogens with zero attached hydrogens (tertiary/aromatic N) is 6. The van der Waals surface area contributed by atoms with Gasteiger partial charge < -0.3 is 68.1 Å². The highest BCUT2D eigenvalue weighted by molar-refractivity contribution is 6.07. The Morgan fingerprint density at radius 3 is 1.60 bits per heavy atom. The van der Waals surface area contributed by atoms with Crippen LogP contribution in [0.1, 0.15) is 122 Å². The molecule has 21 nitrogen and oxygen atoms in total. The molecule has 1 saturated heterocycles. The maximum atomic E-state index is 12.8. The number of nitrogen functional groups attached to an aromatic ring is 1. The zero-order chi connectivity index (χ0) is 55.8. The maximum Gasteiger partial charge on any atom is 0.410 e. The van der Waals surface area contributed by atoms with E-state index in [2.05, 4.69) is 38.8 Å². The summed E-state index contributed by atoms with van der Waals surface area (Å²) in [5.74, 6) is 0.803. The number of carbonyl (C=O) groups is 5. The van der Waals surface area contributed by atoms with Crippen LogP contribution in [0.3, 0.4) is 0 Å². The number of fused-ring (bicyclic) bond motifs is 3. The predicted octanol–water partition coefficient (Wildman–Crippen LogP) is 7.35. The Morgan fingerprint density at radius 1 is 0.653 bits per heavy atom. The van der Waals surface area contributed by atoms with Gasteiger partial charge in [-0.15, -0.1) is 0 Å². The molecule has 3 aromatic rings. The topological polar surface area (TPSA) is 240 Å². The van der Waals surface area contributed by atoms with Crippen molar-refractivity contribution in [1.82, 2.24) is 29.7 Å². The molecule has 0 unspecified atom stereocenters. The summed E-state index contributed by atoms with van der Waals surface area (Å²) >= 11 is 0. The number of pyridine rings is 1. The van der Waals surface area contributed by atoms with Crippen molar-refractivity contribution < 1.29 is 61.9 Å². The Morgan fingerprint density at radius 2 is 1.13 bits per heavy atom. The number of H-pyrrole nitrogens is 1. The molecule has 21 heteroatoms. The molecule has 1 aliphatic heterocycles. The van der Waals surface area contributed by atoms with E-state index in [1.54, 1.807) is 46.4 Å². The Balaban J connectivity index is 0.000000483. The normalized spacial score (nSPS) is 13.5. The van der Waals surface area contributed by atoms with Gasteiger partial charge in [0.1, 0.15) is 58.0 Å². The number of benzene rings is 1. The van der Waals surface area contributed by atoms with Crippen LogP contribution in [0, 0.1) is 0 Å². The number of carbonyl (C=O) groups excluding carboxylic acids is 5. The summed E-state index contributed by atoms with van der Waals surface area (Å²) in [6.07, 6.45) is 3.13. The first-order chi connectivity index (χ1) is 35.2. The fourth-order valence-electron chi connectivity index (χ4n) is 7.36. The lowest BCUT2D eigenvalue weighted by atomic mass is 10.1. The Bertz CT molecular complexity index is 2220. The first-order valence-electron chi connectivity index (χ1n) is 26.4. The van der Waals surface area contributed by atoms with E-state index in [-0.39, 0.29) is 77.5 Å². The van der Waals surface area contributed by atoms with Gasteiger partial charge in [-0.05, 0) is 108 Å². The fourth-order valence-corrected chi connectivity index (χ4v) is 7.36. The molecule has 3 N–H and O–H groups in total. The molecule has 4 rings (SSSR count). The first-order valence-corrected chi connectivity index (χ1v) is 26.4. The molecule has 3 heterocycles. The lowest BCUT2D eigenvalue weighted by Crippen LogP contribution is -2.47. The Hall–Kier alpha value is -5.35. The second kappa shape index (κ2) is 31.0. The van der Waals surface area contributed by atoms with Crippen LogP contribution in [-0.4, -0.2) is 194 Å². The van der Waals surface area contributed by atoms with Gasteiger partial charge in [0.15, 0.2) is 0 Å². The summed E-state index contributed by atoms with van der Waals surface area (Å²) in [6.45, 7) is 31.8. The van der Waals surface area contributed by atoms with Gasteiger partial charge >= 0.3 is 24.1 Å². The van der Waals surface area contributed by atoms with E-state index in [1.165, 1.54) is 4.90 Å². The molecule has 1 fully saturated rings. The van der Waals surface area contributed by atoms with Crippen molar-refractivity contribution in [3.05, 3.63) is 24.0 Å². The van der Waals surface area contributed by atoms with Crippen molar-refractivity contribution in [3.63, 3.8) is 0 Å². The minimum Gasteiger partial charge on any atom is -0.460 e. The first kappa shape index (κ1) is 63.9. The van der Waals surface area contributed by atoms with Crippen molar-refractivity contribution in [2.45, 2.75) is 145 Å². The third-order valence-corrected chi connectivity index (χ3v) is 10.8. The highest BCUT2D eigenvalue weighted by atomic mass is 16.6. The molecule has 1 aromatic carbocycles. The number of amides is 2. The molecule has 0 aliphatic carbocycles. The molecule has 0 spiro atoms. The van der Waals surface area contributed by atoms with Crippen molar-refractivity contribution in [3.8, 4) is 0 Å². The number of hydrogen-bond donors (Lipinski definition) is 2. The molecule has 0 bridgehead atoms. The van der Waals surface area contributed by atoms with Crippen molar-refractivity contribution in [1.29, 1.82) is 0 Å². The van der Waals surface area contributed by atoms with Crippen LogP contribution in [0.25, 0.3) is 21.9 Å². The molecule has 424 valence electrons. The molecule has 1 aliphatic rings. The molecule has 2 amide bonds. The summed E-state index contributed by atoms with van der Waals surface area (Å²) in [5, 5.41) is 1.02. The molecular formula is C54H90N8O13. The smallest absolute Gasteiger partial charge is 0.410 e. The average molecular weight is 1060 g/mol. The van der Waals surface area contributed by atoms with E-state index in [0.29, 0.717) is 38.4 Å². The summed E-state index contributed by atoms with van der Waals surface area (Å²) in [4.78, 5) is 79.6. The lowest BCUT2D eigenvalue weighted by Gasteiger charge is -2.36. The second-order valence-electron chi connectivity index (χ2n) is 22.2. The number of nitrogens with one attached hydrogen (secondary N) is 1. The number of aldehydes is 1. The third kappa shape index (κ3) is 26.3. The molecule has 75 heavy (non-hydrogen) atoms. The number of aryl methyl sites for hydroxylation is 1. The zero-order valence-corrected chi connectivity index (χ0v) is 47.4. The quantitative estimate of drug-likeness (QED) is 0.0328. The average Bonchev–Trinajstić information content (AvgIpc) is 3.74. The second-order valence-corrected chi connectivity index (χ2v) is 22.2. The number of esters is 2. The van der Waals surface area contributed by atoms with E-state index in [4.69, 9.17) is 48.6 Å². The minimum atomic E-state index is -0.615. The summed E-state index contributed by atoms with van der Waals surface area (Å²) in [6, 6.07) is 6.35. The van der Waals surface area contributed by atoms with E-state index < -0.39 is 34.6 Å². The maximum absolute atomic E-state index is 12.8. The summed E-state index contributed by atoms with van der Waals surface area (Å²) in [7, 11) is 0. The number of rotatable bonds is 27. The molecule has 2 aromatic heterocycles. The number of imidazole rings is 1. The van der Waals surface area contributed by atoms with Gasteiger partial charge in [-0.25, -0.2) is 19.6 Å². The largest absolute Gasteiger partial charge is 0.460 e.